The van der Waals surface area contributed by atoms with Crippen molar-refractivity contribution >= 4 is 12.1 Å². The molecule has 5 nitrogen and oxygen atoms in total. The van der Waals surface area contributed by atoms with E-state index in [0.717, 1.165) is 6.07 Å². The average Bonchev–Trinajstić information content (AvgIpc) is 2.15. The Labute approximate surface area is 84.5 Å². The summed E-state index contributed by atoms with van der Waals surface area (Å²) in [7, 11) is 0. The van der Waals surface area contributed by atoms with Crippen molar-refractivity contribution in [3.63, 3.8) is 0 Å². The molecular formula is C9H8FNO4. The number of halogens is 1. The molecule has 1 amide bonds. The van der Waals surface area contributed by atoms with Crippen LogP contribution in [0.15, 0.2) is 24.3 Å². The van der Waals surface area contributed by atoms with Crippen LogP contribution in [0.5, 0.6) is 5.75 Å². The molecule has 0 saturated carbocycles. The maximum absolute atomic E-state index is 12.6. The highest BCUT2D eigenvalue weighted by Crippen LogP contribution is 2.11. The molecule has 1 aromatic carbocycles. The van der Waals surface area contributed by atoms with Crippen LogP contribution in [0, 0.1) is 5.82 Å². The van der Waals surface area contributed by atoms with Gasteiger partial charge in [0.2, 0.25) is 0 Å². The second-order valence-electron chi connectivity index (χ2n) is 2.59. The summed E-state index contributed by atoms with van der Waals surface area (Å²) in [4.78, 5) is 21.0. The van der Waals surface area contributed by atoms with Gasteiger partial charge in [-0.1, -0.05) is 6.07 Å². The van der Waals surface area contributed by atoms with Gasteiger partial charge < -0.3 is 15.2 Å². The summed E-state index contributed by atoms with van der Waals surface area (Å²) in [6.07, 6.45) is -0.942. The molecule has 0 heterocycles. The van der Waals surface area contributed by atoms with Crippen molar-refractivity contribution in [2.24, 2.45) is 0 Å². The van der Waals surface area contributed by atoms with Crippen molar-refractivity contribution in [3.8, 4) is 5.75 Å². The summed E-state index contributed by atoms with van der Waals surface area (Å²) < 4.78 is 17.2. The molecule has 0 unspecified atom stereocenters. The lowest BCUT2D eigenvalue weighted by Gasteiger charge is -2.04. The fraction of sp³-hybridized carbons (Fsp3) is 0.111. The van der Waals surface area contributed by atoms with Gasteiger partial charge in [-0.2, -0.15) is 0 Å². The van der Waals surface area contributed by atoms with Gasteiger partial charge in [0.25, 0.3) is 0 Å². The molecule has 1 aromatic rings. The summed E-state index contributed by atoms with van der Waals surface area (Å²) in [5.41, 5.74) is 0. The van der Waals surface area contributed by atoms with Crippen LogP contribution in [0.25, 0.3) is 0 Å². The van der Waals surface area contributed by atoms with Gasteiger partial charge in [0.15, 0.2) is 0 Å². The van der Waals surface area contributed by atoms with Crippen LogP contribution in [0.2, 0.25) is 0 Å². The molecule has 2 N–H and O–H groups in total. The second kappa shape index (κ2) is 4.94. The van der Waals surface area contributed by atoms with Gasteiger partial charge in [-0.25, -0.2) is 9.18 Å². The Morgan fingerprint density at radius 1 is 1.47 bits per heavy atom. The molecule has 15 heavy (non-hydrogen) atoms. The first-order valence-corrected chi connectivity index (χ1v) is 4.01. The largest absolute Gasteiger partial charge is 0.480 e. The van der Waals surface area contributed by atoms with E-state index < -0.39 is 24.4 Å². The smallest absolute Gasteiger partial charge is 0.413 e. The van der Waals surface area contributed by atoms with E-state index in [0.29, 0.717) is 0 Å². The van der Waals surface area contributed by atoms with Crippen molar-refractivity contribution in [1.29, 1.82) is 0 Å². The highest BCUT2D eigenvalue weighted by Gasteiger charge is 2.06. The molecule has 0 fully saturated rings. The van der Waals surface area contributed by atoms with Gasteiger partial charge in [-0.15, -0.1) is 0 Å². The monoisotopic (exact) mass is 213 g/mol. The molecule has 0 atom stereocenters. The van der Waals surface area contributed by atoms with E-state index in [1.807, 2.05) is 5.32 Å². The molecule has 6 heteroatoms. The first-order chi connectivity index (χ1) is 7.08. The average molecular weight is 213 g/mol. The summed E-state index contributed by atoms with van der Waals surface area (Å²) in [6, 6.07) is 4.96. The zero-order valence-electron chi connectivity index (χ0n) is 7.57. The molecule has 80 valence electrons. The molecule has 0 aliphatic heterocycles. The standard InChI is InChI=1S/C9H8FNO4/c10-6-2-1-3-7(4-6)15-9(14)11-5-8(12)13/h1-4H,5H2,(H,11,14)(H,12,13). The van der Waals surface area contributed by atoms with E-state index in [1.54, 1.807) is 0 Å². The Morgan fingerprint density at radius 2 is 2.20 bits per heavy atom. The summed E-state index contributed by atoms with van der Waals surface area (Å²) in [5.74, 6) is -1.72. The topological polar surface area (TPSA) is 75.6 Å². The fourth-order valence-electron chi connectivity index (χ4n) is 0.821. The van der Waals surface area contributed by atoms with E-state index in [-0.39, 0.29) is 5.75 Å². The third kappa shape index (κ3) is 4.08. The van der Waals surface area contributed by atoms with Gasteiger partial charge in [0.1, 0.15) is 18.1 Å². The summed E-state index contributed by atoms with van der Waals surface area (Å²) in [6.45, 7) is -0.547. The zero-order chi connectivity index (χ0) is 11.3. The number of aliphatic carboxylic acids is 1. The van der Waals surface area contributed by atoms with Gasteiger partial charge in [-0.05, 0) is 12.1 Å². The third-order valence-electron chi connectivity index (χ3n) is 1.39. The van der Waals surface area contributed by atoms with Crippen molar-refractivity contribution in [2.45, 2.75) is 0 Å². The first-order valence-electron chi connectivity index (χ1n) is 4.01. The Kier molecular flexibility index (Phi) is 3.61. The summed E-state index contributed by atoms with van der Waals surface area (Å²) >= 11 is 0. The zero-order valence-corrected chi connectivity index (χ0v) is 7.57. The van der Waals surface area contributed by atoms with E-state index in [4.69, 9.17) is 5.11 Å². The van der Waals surface area contributed by atoms with Crippen LogP contribution in [-0.2, 0) is 4.79 Å². The number of carbonyl (C=O) groups excluding carboxylic acids is 1. The Balaban J connectivity index is 2.48. The predicted molar refractivity (Wildman–Crippen MR) is 48.1 cm³/mol. The molecule has 1 rings (SSSR count). The number of benzene rings is 1. The maximum atomic E-state index is 12.6. The lowest BCUT2D eigenvalue weighted by atomic mass is 10.3. The molecule has 0 aliphatic carbocycles. The number of carboxylic acids is 1. The van der Waals surface area contributed by atoms with Gasteiger partial charge in [0, 0.05) is 6.07 Å². The number of carbonyl (C=O) groups is 2. The van der Waals surface area contributed by atoms with Gasteiger partial charge in [0.05, 0.1) is 0 Å². The minimum absolute atomic E-state index is 0.0119. The molecular weight excluding hydrogens is 205 g/mol. The van der Waals surface area contributed by atoms with Crippen LogP contribution in [0.1, 0.15) is 0 Å². The lowest BCUT2D eigenvalue weighted by Crippen LogP contribution is -2.31. The Hall–Kier alpha value is -2.11. The van der Waals surface area contributed by atoms with E-state index >= 15 is 0 Å². The summed E-state index contributed by atoms with van der Waals surface area (Å²) in [5, 5.41) is 10.2. The number of hydrogen-bond donors (Lipinski definition) is 2. The molecule has 0 bridgehead atoms. The lowest BCUT2D eigenvalue weighted by molar-refractivity contribution is -0.135. The van der Waals surface area contributed by atoms with Crippen molar-refractivity contribution < 1.29 is 23.8 Å². The van der Waals surface area contributed by atoms with Gasteiger partial charge in [-0.3, -0.25) is 4.79 Å². The van der Waals surface area contributed by atoms with Crippen LogP contribution in [0.3, 0.4) is 0 Å². The SMILES string of the molecule is O=C(O)CNC(=O)Oc1cccc(F)c1. The minimum Gasteiger partial charge on any atom is -0.480 e. The quantitative estimate of drug-likeness (QED) is 0.785. The number of nitrogens with one attached hydrogen (secondary N) is 1. The van der Waals surface area contributed by atoms with Gasteiger partial charge >= 0.3 is 12.1 Å². The third-order valence-corrected chi connectivity index (χ3v) is 1.39. The molecule has 0 radical (unpaired) electrons. The van der Waals surface area contributed by atoms with E-state index in [1.165, 1.54) is 18.2 Å². The minimum atomic E-state index is -1.19. The molecule has 0 saturated heterocycles. The highest BCUT2D eigenvalue weighted by atomic mass is 19.1. The predicted octanol–water partition coefficient (Wildman–Crippen LogP) is 0.999. The van der Waals surface area contributed by atoms with Crippen molar-refractivity contribution in [2.75, 3.05) is 6.54 Å². The number of amides is 1. The number of ether oxygens (including phenoxy) is 1. The van der Waals surface area contributed by atoms with E-state index in [9.17, 15) is 14.0 Å². The van der Waals surface area contributed by atoms with Crippen molar-refractivity contribution in [3.05, 3.63) is 30.1 Å². The van der Waals surface area contributed by atoms with Crippen LogP contribution in [-0.4, -0.2) is 23.7 Å². The normalized spacial score (nSPS) is 9.40. The molecule has 0 aliphatic rings. The van der Waals surface area contributed by atoms with Crippen LogP contribution < -0.4 is 10.1 Å². The van der Waals surface area contributed by atoms with Crippen LogP contribution in [0.4, 0.5) is 9.18 Å². The number of rotatable bonds is 3. The Morgan fingerprint density at radius 3 is 2.80 bits per heavy atom. The fourth-order valence-corrected chi connectivity index (χ4v) is 0.821. The second-order valence-corrected chi connectivity index (χ2v) is 2.59. The van der Waals surface area contributed by atoms with Crippen LogP contribution >= 0.6 is 0 Å². The highest BCUT2D eigenvalue weighted by molar-refractivity contribution is 5.77. The van der Waals surface area contributed by atoms with E-state index in [2.05, 4.69) is 4.74 Å². The first kappa shape index (κ1) is 11.0. The van der Waals surface area contributed by atoms with Crippen molar-refractivity contribution in [1.82, 2.24) is 5.32 Å². The molecule has 0 aromatic heterocycles. The number of hydrogen-bond acceptors (Lipinski definition) is 3. The Bertz CT molecular complexity index is 380. The number of carboxylic acid groups (broad SMARTS) is 1. The maximum Gasteiger partial charge on any atom is 0.413 e. The molecule has 0 spiro atoms.